The average Bonchev–Trinajstić information content (AvgIpc) is 2.38. The van der Waals surface area contributed by atoms with Crippen molar-refractivity contribution in [3.8, 4) is 0 Å². The molecule has 0 fully saturated rings. The summed E-state index contributed by atoms with van der Waals surface area (Å²) in [7, 11) is 0. The maximum absolute atomic E-state index is 12.1. The summed E-state index contributed by atoms with van der Waals surface area (Å²) in [6, 6.07) is 9.12. The second-order valence-corrected chi connectivity index (χ2v) is 4.51. The van der Waals surface area contributed by atoms with Crippen LogP contribution in [0.15, 0.2) is 30.3 Å². The van der Waals surface area contributed by atoms with Gasteiger partial charge in [-0.25, -0.2) is 4.98 Å². The van der Waals surface area contributed by atoms with Gasteiger partial charge in [0.15, 0.2) is 0 Å². The Hall–Kier alpha value is -1.61. The molecule has 0 saturated carbocycles. The quantitative estimate of drug-likeness (QED) is 0.678. The Bertz CT molecular complexity index is 569. The second kappa shape index (κ2) is 5.83. The van der Waals surface area contributed by atoms with E-state index in [0.717, 1.165) is 23.7 Å². The molecule has 1 aromatic carbocycles. The maximum atomic E-state index is 12.1. The van der Waals surface area contributed by atoms with E-state index in [9.17, 15) is 4.79 Å². The van der Waals surface area contributed by atoms with E-state index in [1.807, 2.05) is 24.3 Å². The lowest BCUT2D eigenvalue weighted by atomic mass is 10.1. The summed E-state index contributed by atoms with van der Waals surface area (Å²) in [6.45, 7) is 2.77. The lowest BCUT2D eigenvalue weighted by molar-refractivity contribution is 0.0955. The third kappa shape index (κ3) is 2.79. The van der Waals surface area contributed by atoms with Gasteiger partial charge in [-0.1, -0.05) is 43.1 Å². The third-order valence-corrected chi connectivity index (χ3v) is 2.94. The molecule has 0 radical (unpaired) electrons. The number of rotatable bonds is 4. The number of halogens is 1. The summed E-state index contributed by atoms with van der Waals surface area (Å²) in [4.78, 5) is 16.3. The molecule has 1 N–H and O–H groups in total. The van der Waals surface area contributed by atoms with E-state index in [1.165, 1.54) is 0 Å². The zero-order chi connectivity index (χ0) is 13.0. The van der Waals surface area contributed by atoms with E-state index < -0.39 is 0 Å². The van der Waals surface area contributed by atoms with Gasteiger partial charge in [0.2, 0.25) is 0 Å². The Balaban J connectivity index is 2.34. The molecular weight excluding hydrogens is 248 g/mol. The van der Waals surface area contributed by atoms with Crippen molar-refractivity contribution in [1.29, 1.82) is 0 Å². The van der Waals surface area contributed by atoms with Crippen molar-refractivity contribution in [3.63, 3.8) is 0 Å². The van der Waals surface area contributed by atoms with E-state index in [-0.39, 0.29) is 5.91 Å². The van der Waals surface area contributed by atoms with Gasteiger partial charge in [0.1, 0.15) is 5.15 Å². The summed E-state index contributed by atoms with van der Waals surface area (Å²) in [5.74, 6) is -0.0936. The van der Waals surface area contributed by atoms with Crippen LogP contribution >= 0.6 is 11.6 Å². The molecule has 0 bridgehead atoms. The number of hydrogen-bond acceptors (Lipinski definition) is 2. The van der Waals surface area contributed by atoms with Gasteiger partial charge in [-0.3, -0.25) is 4.79 Å². The molecule has 4 heteroatoms. The van der Waals surface area contributed by atoms with Crippen molar-refractivity contribution in [3.05, 3.63) is 41.0 Å². The van der Waals surface area contributed by atoms with Gasteiger partial charge >= 0.3 is 0 Å². The zero-order valence-electron chi connectivity index (χ0n) is 10.2. The minimum absolute atomic E-state index is 0.0936. The van der Waals surface area contributed by atoms with E-state index in [1.54, 1.807) is 6.07 Å². The number of amides is 1. The van der Waals surface area contributed by atoms with Crippen LogP contribution in [0.2, 0.25) is 5.15 Å². The van der Waals surface area contributed by atoms with E-state index >= 15 is 0 Å². The van der Waals surface area contributed by atoms with Gasteiger partial charge in [-0.15, -0.1) is 0 Å². The first-order valence-corrected chi connectivity index (χ1v) is 6.43. The second-order valence-electron chi connectivity index (χ2n) is 4.12. The summed E-state index contributed by atoms with van der Waals surface area (Å²) >= 11 is 5.94. The Morgan fingerprint density at radius 2 is 2.17 bits per heavy atom. The molecular formula is C14H15ClN2O. The van der Waals surface area contributed by atoms with E-state index in [2.05, 4.69) is 17.2 Å². The third-order valence-electron chi connectivity index (χ3n) is 2.75. The predicted molar refractivity (Wildman–Crippen MR) is 74.0 cm³/mol. The number of carbonyl (C=O) groups is 1. The van der Waals surface area contributed by atoms with Gasteiger partial charge in [0.05, 0.1) is 11.1 Å². The highest BCUT2D eigenvalue weighted by molar-refractivity contribution is 6.30. The molecule has 0 aliphatic carbocycles. The van der Waals surface area contributed by atoms with Gasteiger partial charge in [-0.05, 0) is 18.6 Å². The van der Waals surface area contributed by atoms with Crippen LogP contribution in [0.1, 0.15) is 30.1 Å². The Kier molecular flexibility index (Phi) is 4.15. The van der Waals surface area contributed by atoms with Crippen LogP contribution in [0.5, 0.6) is 0 Å². The van der Waals surface area contributed by atoms with Crippen LogP contribution in [-0.4, -0.2) is 17.4 Å². The van der Waals surface area contributed by atoms with Crippen molar-refractivity contribution < 1.29 is 4.79 Å². The van der Waals surface area contributed by atoms with Crippen LogP contribution < -0.4 is 5.32 Å². The fourth-order valence-electron chi connectivity index (χ4n) is 1.80. The number of pyridine rings is 1. The van der Waals surface area contributed by atoms with Crippen molar-refractivity contribution in [2.24, 2.45) is 0 Å². The first-order chi connectivity index (χ1) is 8.72. The van der Waals surface area contributed by atoms with Crippen molar-refractivity contribution in [1.82, 2.24) is 10.3 Å². The lowest BCUT2D eigenvalue weighted by Gasteiger charge is -2.07. The van der Waals surface area contributed by atoms with Gasteiger partial charge in [-0.2, -0.15) is 0 Å². The lowest BCUT2D eigenvalue weighted by Crippen LogP contribution is -2.24. The highest BCUT2D eigenvalue weighted by Gasteiger charge is 2.11. The molecule has 0 aliphatic rings. The molecule has 1 heterocycles. The standard InChI is InChI=1S/C14H15ClN2O/c1-2-3-8-16-14(18)11-9-13(15)17-12-7-5-4-6-10(11)12/h4-7,9H,2-3,8H2,1H3,(H,16,18). The molecule has 0 unspecified atom stereocenters. The summed E-state index contributed by atoms with van der Waals surface area (Å²) < 4.78 is 0. The minimum atomic E-state index is -0.0936. The number of aromatic nitrogens is 1. The SMILES string of the molecule is CCCCNC(=O)c1cc(Cl)nc2ccccc12. The molecule has 0 spiro atoms. The molecule has 18 heavy (non-hydrogen) atoms. The number of benzene rings is 1. The number of unbranched alkanes of at least 4 members (excludes halogenated alkanes) is 1. The first-order valence-electron chi connectivity index (χ1n) is 6.06. The van der Waals surface area contributed by atoms with Crippen LogP contribution in [0, 0.1) is 0 Å². The van der Waals surface area contributed by atoms with E-state index in [4.69, 9.17) is 11.6 Å². The summed E-state index contributed by atoms with van der Waals surface area (Å²) in [5.41, 5.74) is 1.33. The van der Waals surface area contributed by atoms with Crippen LogP contribution in [0.3, 0.4) is 0 Å². The van der Waals surface area contributed by atoms with E-state index in [0.29, 0.717) is 17.3 Å². The average molecular weight is 263 g/mol. The Morgan fingerprint density at radius 1 is 1.39 bits per heavy atom. The molecule has 0 atom stereocenters. The minimum Gasteiger partial charge on any atom is -0.352 e. The fraction of sp³-hybridized carbons (Fsp3) is 0.286. The number of hydrogen-bond donors (Lipinski definition) is 1. The predicted octanol–water partition coefficient (Wildman–Crippen LogP) is 3.42. The highest BCUT2D eigenvalue weighted by atomic mass is 35.5. The fourth-order valence-corrected chi connectivity index (χ4v) is 2.01. The van der Waals surface area contributed by atoms with Crippen molar-refractivity contribution >= 4 is 28.4 Å². The summed E-state index contributed by atoms with van der Waals surface area (Å²) in [5, 5.41) is 4.07. The maximum Gasteiger partial charge on any atom is 0.252 e. The monoisotopic (exact) mass is 262 g/mol. The van der Waals surface area contributed by atoms with Crippen LogP contribution in [0.25, 0.3) is 10.9 Å². The largest absolute Gasteiger partial charge is 0.352 e. The first kappa shape index (κ1) is 12.8. The molecule has 2 aromatic rings. The van der Waals surface area contributed by atoms with Gasteiger partial charge < -0.3 is 5.32 Å². The van der Waals surface area contributed by atoms with Crippen LogP contribution in [0.4, 0.5) is 0 Å². The normalized spacial score (nSPS) is 10.6. The Morgan fingerprint density at radius 3 is 2.94 bits per heavy atom. The Labute approximate surface area is 111 Å². The number of fused-ring (bicyclic) bond motifs is 1. The molecule has 1 aromatic heterocycles. The highest BCUT2D eigenvalue weighted by Crippen LogP contribution is 2.20. The molecule has 94 valence electrons. The number of nitrogens with zero attached hydrogens (tertiary/aromatic N) is 1. The van der Waals surface area contributed by atoms with Crippen molar-refractivity contribution in [2.45, 2.75) is 19.8 Å². The number of nitrogens with one attached hydrogen (secondary N) is 1. The zero-order valence-corrected chi connectivity index (χ0v) is 11.0. The van der Waals surface area contributed by atoms with Gasteiger partial charge in [0.25, 0.3) is 5.91 Å². The molecule has 2 rings (SSSR count). The number of para-hydroxylation sites is 1. The molecule has 0 saturated heterocycles. The number of carbonyl (C=O) groups excluding carboxylic acids is 1. The smallest absolute Gasteiger partial charge is 0.252 e. The molecule has 0 aliphatic heterocycles. The van der Waals surface area contributed by atoms with Gasteiger partial charge in [0, 0.05) is 11.9 Å². The molecule has 1 amide bonds. The van der Waals surface area contributed by atoms with Crippen molar-refractivity contribution in [2.75, 3.05) is 6.54 Å². The summed E-state index contributed by atoms with van der Waals surface area (Å²) in [6.07, 6.45) is 2.03. The van der Waals surface area contributed by atoms with Crippen LogP contribution in [-0.2, 0) is 0 Å². The topological polar surface area (TPSA) is 42.0 Å². The molecule has 3 nitrogen and oxygen atoms in total.